The third-order valence-corrected chi connectivity index (χ3v) is 3.95. The van der Waals surface area contributed by atoms with Crippen molar-refractivity contribution in [2.45, 2.75) is 39.0 Å². The predicted molar refractivity (Wildman–Crippen MR) is 73.2 cm³/mol. The zero-order valence-electron chi connectivity index (χ0n) is 11.3. The second kappa shape index (κ2) is 6.00. The van der Waals surface area contributed by atoms with Crippen molar-refractivity contribution in [1.29, 1.82) is 0 Å². The summed E-state index contributed by atoms with van der Waals surface area (Å²) >= 11 is 0. The number of carboxylic acids is 1. The number of aliphatic carboxylic acids is 1. The average molecular weight is 260 g/mol. The lowest BCUT2D eigenvalue weighted by molar-refractivity contribution is -0.142. The summed E-state index contributed by atoms with van der Waals surface area (Å²) < 4.78 is 0. The van der Waals surface area contributed by atoms with Gasteiger partial charge in [-0.15, -0.1) is 0 Å². The van der Waals surface area contributed by atoms with Crippen LogP contribution in [0.4, 0.5) is 0 Å². The minimum Gasteiger partial charge on any atom is -0.481 e. The van der Waals surface area contributed by atoms with E-state index in [0.717, 1.165) is 19.3 Å². The summed E-state index contributed by atoms with van der Waals surface area (Å²) in [5.74, 6) is -1.68. The van der Waals surface area contributed by atoms with Crippen LogP contribution in [0.3, 0.4) is 0 Å². The fraction of sp³-hybridized carbons (Fsp3) is 0.500. The SMILES string of the molecule is CCCc1ccc(C(=O)C2CCCC2C(=O)O)cc1. The van der Waals surface area contributed by atoms with Crippen molar-refractivity contribution in [2.24, 2.45) is 11.8 Å². The molecule has 0 bridgehead atoms. The van der Waals surface area contributed by atoms with Crippen LogP contribution in [0.2, 0.25) is 0 Å². The number of carbonyl (C=O) groups is 2. The van der Waals surface area contributed by atoms with Gasteiger partial charge in [-0.05, 0) is 24.8 Å². The lowest BCUT2D eigenvalue weighted by Gasteiger charge is -2.14. The highest BCUT2D eigenvalue weighted by Gasteiger charge is 2.37. The Labute approximate surface area is 113 Å². The van der Waals surface area contributed by atoms with Gasteiger partial charge in [-0.25, -0.2) is 0 Å². The highest BCUT2D eigenvalue weighted by molar-refractivity contribution is 6.00. The van der Waals surface area contributed by atoms with Crippen molar-refractivity contribution in [2.75, 3.05) is 0 Å². The standard InChI is InChI=1S/C16H20O3/c1-2-4-11-7-9-12(10-8-11)15(17)13-5-3-6-14(13)16(18)19/h7-10,13-14H,2-6H2,1H3,(H,18,19). The van der Waals surface area contributed by atoms with Crippen molar-refractivity contribution in [3.05, 3.63) is 35.4 Å². The molecule has 0 radical (unpaired) electrons. The Morgan fingerprint density at radius 2 is 1.79 bits per heavy atom. The van der Waals surface area contributed by atoms with Crippen LogP contribution in [0.5, 0.6) is 0 Å². The van der Waals surface area contributed by atoms with Gasteiger partial charge in [0.2, 0.25) is 0 Å². The molecule has 0 aromatic heterocycles. The Bertz CT molecular complexity index is 461. The van der Waals surface area contributed by atoms with Gasteiger partial charge < -0.3 is 5.11 Å². The monoisotopic (exact) mass is 260 g/mol. The number of Topliss-reactive ketones (excluding diaryl/α,β-unsaturated/α-hetero) is 1. The molecule has 1 fully saturated rings. The maximum Gasteiger partial charge on any atom is 0.307 e. The van der Waals surface area contributed by atoms with E-state index in [1.165, 1.54) is 5.56 Å². The van der Waals surface area contributed by atoms with E-state index < -0.39 is 11.9 Å². The number of carboxylic acid groups (broad SMARTS) is 1. The lowest BCUT2D eigenvalue weighted by atomic mass is 9.88. The number of rotatable bonds is 5. The quantitative estimate of drug-likeness (QED) is 0.826. The summed E-state index contributed by atoms with van der Waals surface area (Å²) in [5, 5.41) is 9.14. The van der Waals surface area contributed by atoms with Gasteiger partial charge in [0, 0.05) is 11.5 Å². The van der Waals surface area contributed by atoms with Gasteiger partial charge in [-0.2, -0.15) is 0 Å². The van der Waals surface area contributed by atoms with Gasteiger partial charge in [-0.3, -0.25) is 9.59 Å². The van der Waals surface area contributed by atoms with E-state index >= 15 is 0 Å². The molecule has 0 saturated heterocycles. The summed E-state index contributed by atoms with van der Waals surface area (Å²) in [6.07, 6.45) is 4.25. The Morgan fingerprint density at radius 3 is 2.37 bits per heavy atom. The second-order valence-corrected chi connectivity index (χ2v) is 5.29. The van der Waals surface area contributed by atoms with Crippen LogP contribution in [0, 0.1) is 11.8 Å². The zero-order valence-corrected chi connectivity index (χ0v) is 11.3. The molecule has 0 aliphatic heterocycles. The van der Waals surface area contributed by atoms with Crippen LogP contribution in [0.1, 0.15) is 48.5 Å². The van der Waals surface area contributed by atoms with Gasteiger partial charge in [0.15, 0.2) is 5.78 Å². The van der Waals surface area contributed by atoms with Gasteiger partial charge in [0.1, 0.15) is 0 Å². The van der Waals surface area contributed by atoms with E-state index in [-0.39, 0.29) is 11.7 Å². The van der Waals surface area contributed by atoms with E-state index in [1.54, 1.807) is 0 Å². The summed E-state index contributed by atoms with van der Waals surface area (Å²) in [7, 11) is 0. The normalized spacial score (nSPS) is 22.4. The van der Waals surface area contributed by atoms with E-state index in [0.29, 0.717) is 18.4 Å². The molecule has 102 valence electrons. The third kappa shape index (κ3) is 3.03. The Morgan fingerprint density at radius 1 is 1.16 bits per heavy atom. The molecule has 0 spiro atoms. The number of hydrogen-bond acceptors (Lipinski definition) is 2. The molecule has 2 rings (SSSR count). The summed E-state index contributed by atoms with van der Waals surface area (Å²) in [6, 6.07) is 7.62. The smallest absolute Gasteiger partial charge is 0.307 e. The Balaban J connectivity index is 2.12. The highest BCUT2D eigenvalue weighted by atomic mass is 16.4. The van der Waals surface area contributed by atoms with E-state index in [1.807, 2.05) is 24.3 Å². The predicted octanol–water partition coefficient (Wildman–Crippen LogP) is 3.32. The molecule has 1 N–H and O–H groups in total. The molecule has 19 heavy (non-hydrogen) atoms. The number of aryl methyl sites for hydroxylation is 1. The first-order chi connectivity index (χ1) is 9.13. The molecular formula is C16H20O3. The summed E-state index contributed by atoms with van der Waals surface area (Å²) in [4.78, 5) is 23.5. The molecular weight excluding hydrogens is 240 g/mol. The summed E-state index contributed by atoms with van der Waals surface area (Å²) in [5.41, 5.74) is 1.87. The van der Waals surface area contributed by atoms with E-state index in [2.05, 4.69) is 6.92 Å². The molecule has 2 atom stereocenters. The third-order valence-electron chi connectivity index (χ3n) is 3.95. The van der Waals surface area contributed by atoms with Crippen LogP contribution in [0.25, 0.3) is 0 Å². The molecule has 2 unspecified atom stereocenters. The molecule has 0 heterocycles. The van der Waals surface area contributed by atoms with Crippen molar-refractivity contribution >= 4 is 11.8 Å². The average Bonchev–Trinajstić information content (AvgIpc) is 2.88. The molecule has 1 saturated carbocycles. The number of ketones is 1. The minimum absolute atomic E-state index is 0.00653. The van der Waals surface area contributed by atoms with Crippen LogP contribution in [0.15, 0.2) is 24.3 Å². The second-order valence-electron chi connectivity index (χ2n) is 5.29. The zero-order chi connectivity index (χ0) is 13.8. The Kier molecular flexibility index (Phi) is 4.35. The van der Waals surface area contributed by atoms with Gasteiger partial charge in [-0.1, -0.05) is 44.0 Å². The number of hydrogen-bond donors (Lipinski definition) is 1. The summed E-state index contributed by atoms with van der Waals surface area (Å²) in [6.45, 7) is 2.12. The first-order valence-electron chi connectivity index (χ1n) is 6.99. The van der Waals surface area contributed by atoms with Crippen molar-refractivity contribution < 1.29 is 14.7 Å². The minimum atomic E-state index is -0.835. The van der Waals surface area contributed by atoms with Crippen LogP contribution in [-0.2, 0) is 11.2 Å². The van der Waals surface area contributed by atoms with E-state index in [9.17, 15) is 9.59 Å². The number of benzene rings is 1. The Hall–Kier alpha value is -1.64. The van der Waals surface area contributed by atoms with Crippen LogP contribution in [-0.4, -0.2) is 16.9 Å². The molecule has 1 aromatic rings. The first-order valence-corrected chi connectivity index (χ1v) is 6.99. The van der Waals surface area contributed by atoms with Crippen LogP contribution < -0.4 is 0 Å². The maximum absolute atomic E-state index is 12.4. The topological polar surface area (TPSA) is 54.4 Å². The van der Waals surface area contributed by atoms with Gasteiger partial charge in [0.05, 0.1) is 5.92 Å². The van der Waals surface area contributed by atoms with Crippen molar-refractivity contribution in [3.63, 3.8) is 0 Å². The number of carbonyl (C=O) groups excluding carboxylic acids is 1. The van der Waals surface area contributed by atoms with Crippen molar-refractivity contribution in [3.8, 4) is 0 Å². The molecule has 3 heteroatoms. The molecule has 0 amide bonds. The highest BCUT2D eigenvalue weighted by Crippen LogP contribution is 2.34. The molecule has 1 aliphatic rings. The fourth-order valence-corrected chi connectivity index (χ4v) is 2.91. The fourth-order valence-electron chi connectivity index (χ4n) is 2.91. The first kappa shape index (κ1) is 13.8. The molecule has 1 aliphatic carbocycles. The van der Waals surface area contributed by atoms with Gasteiger partial charge in [0.25, 0.3) is 0 Å². The van der Waals surface area contributed by atoms with Crippen LogP contribution >= 0.6 is 0 Å². The van der Waals surface area contributed by atoms with Crippen molar-refractivity contribution in [1.82, 2.24) is 0 Å². The molecule has 1 aromatic carbocycles. The molecule has 3 nitrogen and oxygen atoms in total. The van der Waals surface area contributed by atoms with E-state index in [4.69, 9.17) is 5.11 Å². The largest absolute Gasteiger partial charge is 0.481 e. The maximum atomic E-state index is 12.4. The van der Waals surface area contributed by atoms with Gasteiger partial charge >= 0.3 is 5.97 Å². The lowest BCUT2D eigenvalue weighted by Crippen LogP contribution is -2.25.